The fourth-order valence-electron chi connectivity index (χ4n) is 2.12. The van der Waals surface area contributed by atoms with Crippen LogP contribution in [0.3, 0.4) is 0 Å². The highest BCUT2D eigenvalue weighted by molar-refractivity contribution is 9.10. The lowest BCUT2D eigenvalue weighted by molar-refractivity contribution is -0.123. The first-order valence-electron chi connectivity index (χ1n) is 6.74. The van der Waals surface area contributed by atoms with Crippen LogP contribution in [-0.2, 0) is 4.79 Å². The van der Waals surface area contributed by atoms with Gasteiger partial charge in [-0.25, -0.2) is 0 Å². The molecule has 1 heterocycles. The molecule has 22 heavy (non-hydrogen) atoms. The van der Waals surface area contributed by atoms with E-state index in [1.807, 2.05) is 12.1 Å². The van der Waals surface area contributed by atoms with Crippen molar-refractivity contribution in [1.29, 1.82) is 0 Å². The van der Waals surface area contributed by atoms with Crippen LogP contribution in [0.15, 0.2) is 53.0 Å². The molecule has 0 bridgehead atoms. The SMILES string of the molecule is O=C(NCC1Oc2ccccc2NC1=O)c1ccc(Br)cc1. The number of benzene rings is 2. The number of amides is 2. The Morgan fingerprint density at radius 1 is 1.18 bits per heavy atom. The summed E-state index contributed by atoms with van der Waals surface area (Å²) in [7, 11) is 0. The second-order valence-corrected chi connectivity index (χ2v) is 5.72. The quantitative estimate of drug-likeness (QED) is 0.883. The van der Waals surface area contributed by atoms with Gasteiger partial charge in [0.1, 0.15) is 5.75 Å². The number of fused-ring (bicyclic) bond motifs is 1. The molecule has 1 unspecified atom stereocenters. The minimum atomic E-state index is -0.741. The van der Waals surface area contributed by atoms with Crippen LogP contribution in [0.5, 0.6) is 5.75 Å². The lowest BCUT2D eigenvalue weighted by Gasteiger charge is -2.25. The second kappa shape index (κ2) is 6.19. The van der Waals surface area contributed by atoms with Crippen LogP contribution in [-0.4, -0.2) is 24.5 Å². The molecule has 2 aromatic carbocycles. The van der Waals surface area contributed by atoms with Gasteiger partial charge in [-0.15, -0.1) is 0 Å². The number of hydrogen-bond donors (Lipinski definition) is 2. The van der Waals surface area contributed by atoms with E-state index < -0.39 is 6.10 Å². The van der Waals surface area contributed by atoms with Gasteiger partial charge in [0.2, 0.25) is 0 Å². The smallest absolute Gasteiger partial charge is 0.267 e. The highest BCUT2D eigenvalue weighted by Gasteiger charge is 2.27. The Morgan fingerprint density at radius 2 is 1.91 bits per heavy atom. The van der Waals surface area contributed by atoms with Gasteiger partial charge >= 0.3 is 0 Å². The monoisotopic (exact) mass is 360 g/mol. The zero-order valence-corrected chi connectivity index (χ0v) is 13.1. The van der Waals surface area contributed by atoms with Gasteiger partial charge in [-0.3, -0.25) is 9.59 Å². The van der Waals surface area contributed by atoms with E-state index in [-0.39, 0.29) is 18.4 Å². The summed E-state index contributed by atoms with van der Waals surface area (Å²) in [6.45, 7) is 0.106. The molecule has 0 spiro atoms. The van der Waals surface area contributed by atoms with Crippen molar-refractivity contribution in [2.45, 2.75) is 6.10 Å². The first kappa shape index (κ1) is 14.6. The lowest BCUT2D eigenvalue weighted by Crippen LogP contribution is -2.45. The zero-order valence-electron chi connectivity index (χ0n) is 11.5. The third kappa shape index (κ3) is 3.12. The fraction of sp³-hybridized carbons (Fsp3) is 0.125. The summed E-state index contributed by atoms with van der Waals surface area (Å²) in [5.74, 6) is 0.0857. The van der Waals surface area contributed by atoms with E-state index >= 15 is 0 Å². The Hall–Kier alpha value is -2.34. The van der Waals surface area contributed by atoms with Crippen molar-refractivity contribution in [3.8, 4) is 5.75 Å². The number of ether oxygens (including phenoxy) is 1. The molecule has 1 aliphatic rings. The van der Waals surface area contributed by atoms with Gasteiger partial charge in [-0.2, -0.15) is 0 Å². The van der Waals surface area contributed by atoms with Crippen molar-refractivity contribution in [3.05, 3.63) is 58.6 Å². The number of anilines is 1. The van der Waals surface area contributed by atoms with E-state index in [0.717, 1.165) is 4.47 Å². The molecule has 5 nitrogen and oxygen atoms in total. The van der Waals surface area contributed by atoms with Crippen molar-refractivity contribution in [2.75, 3.05) is 11.9 Å². The zero-order chi connectivity index (χ0) is 15.5. The summed E-state index contributed by atoms with van der Waals surface area (Å²) in [5.41, 5.74) is 1.17. The van der Waals surface area contributed by atoms with E-state index in [2.05, 4.69) is 26.6 Å². The predicted octanol–water partition coefficient (Wildman–Crippen LogP) is 2.58. The average molecular weight is 361 g/mol. The number of rotatable bonds is 3. The van der Waals surface area contributed by atoms with Crippen LogP contribution in [0.1, 0.15) is 10.4 Å². The van der Waals surface area contributed by atoms with Gasteiger partial charge in [0.05, 0.1) is 12.2 Å². The summed E-state index contributed by atoms with van der Waals surface area (Å²) in [5, 5.41) is 5.47. The number of para-hydroxylation sites is 2. The molecule has 0 saturated carbocycles. The molecule has 0 radical (unpaired) electrons. The summed E-state index contributed by atoms with van der Waals surface area (Å²) >= 11 is 3.31. The third-order valence-electron chi connectivity index (χ3n) is 3.26. The Kier molecular flexibility index (Phi) is 4.11. The number of halogens is 1. The molecule has 2 aromatic rings. The Bertz CT molecular complexity index is 716. The lowest BCUT2D eigenvalue weighted by atomic mass is 10.2. The van der Waals surface area contributed by atoms with Crippen LogP contribution in [0.2, 0.25) is 0 Å². The summed E-state index contributed by atoms with van der Waals surface area (Å²) in [6, 6.07) is 14.2. The van der Waals surface area contributed by atoms with E-state index in [1.165, 1.54) is 0 Å². The predicted molar refractivity (Wildman–Crippen MR) is 86.0 cm³/mol. The second-order valence-electron chi connectivity index (χ2n) is 4.81. The maximum absolute atomic E-state index is 12.0. The molecular formula is C16H13BrN2O3. The number of hydrogen-bond acceptors (Lipinski definition) is 3. The van der Waals surface area contributed by atoms with Crippen molar-refractivity contribution >= 4 is 33.4 Å². The van der Waals surface area contributed by atoms with E-state index in [9.17, 15) is 9.59 Å². The first-order chi connectivity index (χ1) is 10.6. The minimum Gasteiger partial charge on any atom is -0.477 e. The van der Waals surface area contributed by atoms with E-state index in [4.69, 9.17) is 4.74 Å². The molecule has 2 amide bonds. The highest BCUT2D eigenvalue weighted by atomic mass is 79.9. The van der Waals surface area contributed by atoms with Crippen LogP contribution in [0, 0.1) is 0 Å². The number of carbonyl (C=O) groups is 2. The maximum Gasteiger partial charge on any atom is 0.267 e. The molecule has 1 aliphatic heterocycles. The van der Waals surface area contributed by atoms with Gasteiger partial charge in [-0.05, 0) is 36.4 Å². The maximum atomic E-state index is 12.0. The molecule has 112 valence electrons. The molecule has 0 aliphatic carbocycles. The van der Waals surface area contributed by atoms with Crippen molar-refractivity contribution in [2.24, 2.45) is 0 Å². The summed E-state index contributed by atoms with van der Waals surface area (Å²) < 4.78 is 6.51. The largest absolute Gasteiger partial charge is 0.477 e. The fourth-order valence-corrected chi connectivity index (χ4v) is 2.38. The Balaban J connectivity index is 1.63. The molecule has 3 rings (SSSR count). The van der Waals surface area contributed by atoms with Crippen LogP contribution in [0.25, 0.3) is 0 Å². The van der Waals surface area contributed by atoms with Crippen LogP contribution >= 0.6 is 15.9 Å². The van der Waals surface area contributed by atoms with E-state index in [1.54, 1.807) is 36.4 Å². The van der Waals surface area contributed by atoms with Gasteiger partial charge in [0.15, 0.2) is 6.10 Å². The molecule has 0 aromatic heterocycles. The summed E-state index contributed by atoms with van der Waals surface area (Å²) in [6.07, 6.45) is -0.741. The molecule has 6 heteroatoms. The van der Waals surface area contributed by atoms with Crippen LogP contribution < -0.4 is 15.4 Å². The van der Waals surface area contributed by atoms with Crippen LogP contribution in [0.4, 0.5) is 5.69 Å². The number of carbonyl (C=O) groups excluding carboxylic acids is 2. The average Bonchev–Trinajstić information content (AvgIpc) is 2.53. The molecular weight excluding hydrogens is 348 g/mol. The first-order valence-corrected chi connectivity index (χ1v) is 7.53. The number of nitrogens with one attached hydrogen (secondary N) is 2. The molecule has 0 fully saturated rings. The van der Waals surface area contributed by atoms with Gasteiger partial charge < -0.3 is 15.4 Å². The van der Waals surface area contributed by atoms with Gasteiger partial charge in [0.25, 0.3) is 11.8 Å². The summed E-state index contributed by atoms with van der Waals surface area (Å²) in [4.78, 5) is 24.0. The van der Waals surface area contributed by atoms with Gasteiger partial charge in [0, 0.05) is 10.0 Å². The topological polar surface area (TPSA) is 67.4 Å². The van der Waals surface area contributed by atoms with E-state index in [0.29, 0.717) is 17.0 Å². The molecule has 2 N–H and O–H groups in total. The highest BCUT2D eigenvalue weighted by Crippen LogP contribution is 2.28. The van der Waals surface area contributed by atoms with Crippen molar-refractivity contribution in [3.63, 3.8) is 0 Å². The third-order valence-corrected chi connectivity index (χ3v) is 3.79. The normalized spacial score (nSPS) is 16.2. The Labute approximate surface area is 135 Å². The molecule has 1 atom stereocenters. The standard InChI is InChI=1S/C16H13BrN2O3/c17-11-7-5-10(6-8-11)15(20)18-9-14-16(21)19-12-3-1-2-4-13(12)22-14/h1-8,14H,9H2,(H,18,20)(H,19,21). The Morgan fingerprint density at radius 3 is 2.68 bits per heavy atom. The van der Waals surface area contributed by atoms with Crippen molar-refractivity contribution in [1.82, 2.24) is 5.32 Å². The van der Waals surface area contributed by atoms with Gasteiger partial charge in [-0.1, -0.05) is 28.1 Å². The van der Waals surface area contributed by atoms with Crippen molar-refractivity contribution < 1.29 is 14.3 Å². The minimum absolute atomic E-state index is 0.106. The molecule has 0 saturated heterocycles.